The van der Waals surface area contributed by atoms with Crippen molar-refractivity contribution in [2.75, 3.05) is 62.8 Å². The van der Waals surface area contributed by atoms with E-state index in [0.717, 1.165) is 55.3 Å². The molecule has 6 rings (SSSR count). The van der Waals surface area contributed by atoms with E-state index in [1.165, 1.54) is 24.6 Å². The van der Waals surface area contributed by atoms with Crippen LogP contribution in [0.2, 0.25) is 0 Å². The molecular formula is C26H31FN6O3. The van der Waals surface area contributed by atoms with Gasteiger partial charge in [0.1, 0.15) is 29.8 Å². The van der Waals surface area contributed by atoms with E-state index in [9.17, 15) is 9.18 Å². The summed E-state index contributed by atoms with van der Waals surface area (Å²) < 4.78 is 27.8. The maximum atomic E-state index is 14.2. The van der Waals surface area contributed by atoms with E-state index in [2.05, 4.69) is 15.9 Å². The Morgan fingerprint density at radius 1 is 1.00 bits per heavy atom. The standard InChI is InChI=1S/C26H31FN6O3/c1-30-11-12-35-13-14-36-22-7-6-18(27)15-19(22)26(34)32-10-3-2-5-21(32)20-16-24-28-23(31-8-4-9-31)17-25(30)33(24)29-20/h6-7,15-17,21H,2-5,8-14H2,1H3/t21-/m0/s1. The summed E-state index contributed by atoms with van der Waals surface area (Å²) >= 11 is 0. The summed E-state index contributed by atoms with van der Waals surface area (Å²) in [6.45, 7) is 4.39. The Labute approximate surface area is 209 Å². The number of piperidine rings is 1. The minimum atomic E-state index is -0.465. The molecule has 9 nitrogen and oxygen atoms in total. The molecule has 0 saturated carbocycles. The Hall–Kier alpha value is -3.40. The minimum absolute atomic E-state index is 0.217. The fourth-order valence-electron chi connectivity index (χ4n) is 5.17. The Balaban J connectivity index is 1.45. The van der Waals surface area contributed by atoms with Gasteiger partial charge in [0.2, 0.25) is 0 Å². The smallest absolute Gasteiger partial charge is 0.258 e. The average molecular weight is 495 g/mol. The lowest BCUT2D eigenvalue weighted by Gasteiger charge is -2.35. The predicted molar refractivity (Wildman–Crippen MR) is 133 cm³/mol. The number of carbonyl (C=O) groups excluding carboxylic acids is 1. The molecule has 5 heterocycles. The van der Waals surface area contributed by atoms with Crippen LogP contribution in [0.15, 0.2) is 30.3 Å². The highest BCUT2D eigenvalue weighted by atomic mass is 19.1. The van der Waals surface area contributed by atoms with Gasteiger partial charge < -0.3 is 24.2 Å². The van der Waals surface area contributed by atoms with E-state index in [4.69, 9.17) is 19.6 Å². The molecule has 3 aromatic rings. The molecule has 0 aliphatic carbocycles. The van der Waals surface area contributed by atoms with Crippen molar-refractivity contribution in [1.29, 1.82) is 0 Å². The van der Waals surface area contributed by atoms with Crippen molar-refractivity contribution in [3.05, 3.63) is 47.4 Å². The third-order valence-electron chi connectivity index (χ3n) is 7.32. The van der Waals surface area contributed by atoms with Crippen LogP contribution in [0.4, 0.5) is 16.0 Å². The summed E-state index contributed by atoms with van der Waals surface area (Å²) in [6, 6.07) is 7.97. The normalized spacial score (nSPS) is 21.2. The van der Waals surface area contributed by atoms with Crippen LogP contribution >= 0.6 is 0 Å². The second-order valence-electron chi connectivity index (χ2n) is 9.69. The molecule has 1 aromatic carbocycles. The zero-order chi connectivity index (χ0) is 24.6. The number of benzene rings is 1. The zero-order valence-corrected chi connectivity index (χ0v) is 20.5. The third kappa shape index (κ3) is 4.23. The number of ether oxygens (including phenoxy) is 2. The van der Waals surface area contributed by atoms with Crippen molar-refractivity contribution in [3.8, 4) is 5.75 Å². The summed E-state index contributed by atoms with van der Waals surface area (Å²) in [7, 11) is 2.03. The van der Waals surface area contributed by atoms with Gasteiger partial charge in [-0.05, 0) is 43.9 Å². The molecule has 2 fully saturated rings. The topological polar surface area (TPSA) is 75.4 Å². The monoisotopic (exact) mass is 494 g/mol. The molecule has 2 bridgehead atoms. The van der Waals surface area contributed by atoms with Crippen molar-refractivity contribution in [3.63, 3.8) is 0 Å². The number of nitrogens with zero attached hydrogens (tertiary/aromatic N) is 6. The minimum Gasteiger partial charge on any atom is -0.490 e. The molecule has 2 aromatic heterocycles. The molecule has 190 valence electrons. The van der Waals surface area contributed by atoms with Crippen LogP contribution in [0.5, 0.6) is 5.75 Å². The van der Waals surface area contributed by atoms with Gasteiger partial charge in [0, 0.05) is 45.4 Å². The Kier molecular flexibility index (Phi) is 6.12. The number of hydrogen-bond acceptors (Lipinski definition) is 7. The molecule has 2 saturated heterocycles. The van der Waals surface area contributed by atoms with E-state index >= 15 is 0 Å². The van der Waals surface area contributed by atoms with Crippen molar-refractivity contribution >= 4 is 23.2 Å². The zero-order valence-electron chi connectivity index (χ0n) is 20.5. The van der Waals surface area contributed by atoms with Crippen LogP contribution in [0.25, 0.3) is 5.65 Å². The van der Waals surface area contributed by atoms with Gasteiger partial charge in [-0.1, -0.05) is 0 Å². The fourth-order valence-corrected chi connectivity index (χ4v) is 5.17. The molecule has 0 spiro atoms. The molecule has 0 N–H and O–H groups in total. The molecule has 1 amide bonds. The SMILES string of the molecule is CN1CCOCCOc2ccc(F)cc2C(=O)N2CCCC[C@H]2c2cc3nc(N4CCC4)cc1n3n2. The first-order chi connectivity index (χ1) is 17.6. The number of hydrogen-bond donors (Lipinski definition) is 0. The van der Waals surface area contributed by atoms with Gasteiger partial charge in [-0.2, -0.15) is 9.61 Å². The van der Waals surface area contributed by atoms with Crippen molar-refractivity contribution < 1.29 is 18.7 Å². The number of aromatic nitrogens is 3. The van der Waals surface area contributed by atoms with Gasteiger partial charge in [0.05, 0.1) is 30.5 Å². The van der Waals surface area contributed by atoms with Gasteiger partial charge in [0.25, 0.3) is 5.91 Å². The quantitative estimate of drug-likeness (QED) is 0.514. The predicted octanol–water partition coefficient (Wildman–Crippen LogP) is 3.29. The van der Waals surface area contributed by atoms with E-state index in [1.54, 1.807) is 0 Å². The van der Waals surface area contributed by atoms with Crippen LogP contribution in [-0.2, 0) is 4.74 Å². The molecule has 0 unspecified atom stereocenters. The second-order valence-corrected chi connectivity index (χ2v) is 9.69. The highest BCUT2D eigenvalue weighted by Crippen LogP contribution is 2.35. The first-order valence-corrected chi connectivity index (χ1v) is 12.8. The molecule has 0 radical (unpaired) electrons. The maximum absolute atomic E-state index is 14.2. The van der Waals surface area contributed by atoms with E-state index in [-0.39, 0.29) is 24.1 Å². The van der Waals surface area contributed by atoms with Crippen LogP contribution in [0.1, 0.15) is 47.8 Å². The fraction of sp³-hybridized carbons (Fsp3) is 0.500. The number of likely N-dealkylation sites (N-methyl/N-ethyl adjacent to an activating group) is 1. The van der Waals surface area contributed by atoms with Gasteiger partial charge in [-0.15, -0.1) is 0 Å². The lowest BCUT2D eigenvalue weighted by atomic mass is 9.98. The van der Waals surface area contributed by atoms with Crippen LogP contribution in [0.3, 0.4) is 0 Å². The van der Waals surface area contributed by atoms with E-state index in [1.807, 2.05) is 22.5 Å². The number of carbonyl (C=O) groups is 1. The first-order valence-electron chi connectivity index (χ1n) is 12.8. The first kappa shape index (κ1) is 23.0. The Bertz CT molecular complexity index is 1280. The van der Waals surface area contributed by atoms with Gasteiger partial charge in [0.15, 0.2) is 5.65 Å². The van der Waals surface area contributed by atoms with Crippen molar-refractivity contribution in [2.24, 2.45) is 0 Å². The summed E-state index contributed by atoms with van der Waals surface area (Å²) in [5.41, 5.74) is 1.79. The van der Waals surface area contributed by atoms with Crippen LogP contribution in [0, 0.1) is 5.82 Å². The largest absolute Gasteiger partial charge is 0.490 e. The highest BCUT2D eigenvalue weighted by Gasteiger charge is 2.33. The number of rotatable bonds is 1. The number of amides is 1. The Morgan fingerprint density at radius 2 is 1.89 bits per heavy atom. The second kappa shape index (κ2) is 9.57. The maximum Gasteiger partial charge on any atom is 0.258 e. The third-order valence-corrected chi connectivity index (χ3v) is 7.32. The van der Waals surface area contributed by atoms with Gasteiger partial charge in [-0.3, -0.25) is 4.79 Å². The summed E-state index contributed by atoms with van der Waals surface area (Å²) in [5.74, 6) is 1.53. The van der Waals surface area contributed by atoms with Gasteiger partial charge >= 0.3 is 0 Å². The summed E-state index contributed by atoms with van der Waals surface area (Å²) in [5, 5.41) is 4.96. The molecule has 10 heteroatoms. The van der Waals surface area contributed by atoms with Crippen LogP contribution in [-0.4, -0.2) is 78.5 Å². The van der Waals surface area contributed by atoms with Gasteiger partial charge in [-0.25, -0.2) is 9.37 Å². The summed E-state index contributed by atoms with van der Waals surface area (Å²) in [4.78, 5) is 24.9. The molecular weight excluding hydrogens is 463 g/mol. The average Bonchev–Trinajstić information content (AvgIpc) is 3.28. The number of fused-ring (bicyclic) bond motifs is 4. The lowest BCUT2D eigenvalue weighted by Crippen LogP contribution is -2.39. The Morgan fingerprint density at radius 3 is 2.72 bits per heavy atom. The molecule has 3 aliphatic rings. The lowest BCUT2D eigenvalue weighted by molar-refractivity contribution is 0.0596. The van der Waals surface area contributed by atoms with Crippen molar-refractivity contribution in [2.45, 2.75) is 31.7 Å². The van der Waals surface area contributed by atoms with Crippen molar-refractivity contribution in [1.82, 2.24) is 19.5 Å². The highest BCUT2D eigenvalue weighted by molar-refractivity contribution is 5.97. The molecule has 36 heavy (non-hydrogen) atoms. The summed E-state index contributed by atoms with van der Waals surface area (Å²) in [6.07, 6.45) is 3.84. The molecule has 1 atom stereocenters. The number of anilines is 2. The molecule has 3 aliphatic heterocycles. The number of halogens is 1. The van der Waals surface area contributed by atoms with E-state index in [0.29, 0.717) is 32.1 Å². The van der Waals surface area contributed by atoms with Crippen LogP contribution < -0.4 is 14.5 Å². The van der Waals surface area contributed by atoms with E-state index < -0.39 is 5.82 Å².